The number of aryl methyl sites for hydroxylation is 1. The maximum Gasteiger partial charge on any atom is 0.347 e. The lowest BCUT2D eigenvalue weighted by Crippen LogP contribution is -2.33. The lowest BCUT2D eigenvalue weighted by Gasteiger charge is -2.25. The Labute approximate surface area is 150 Å². The zero-order chi connectivity index (χ0) is 17.5. The Balaban J connectivity index is 2.18. The molecular formula is C18H23BrO5. The molecule has 1 aliphatic heterocycles. The Morgan fingerprint density at radius 3 is 2.79 bits per heavy atom. The van der Waals surface area contributed by atoms with Crippen molar-refractivity contribution in [2.75, 3.05) is 18.5 Å². The average molecular weight is 399 g/mol. The van der Waals surface area contributed by atoms with Crippen LogP contribution in [0, 0.1) is 0 Å². The number of ether oxygens (including phenoxy) is 3. The first kappa shape index (κ1) is 18.8. The Morgan fingerprint density at radius 1 is 1.33 bits per heavy atom. The molecule has 24 heavy (non-hydrogen) atoms. The van der Waals surface area contributed by atoms with Crippen molar-refractivity contribution in [3.8, 4) is 11.5 Å². The summed E-state index contributed by atoms with van der Waals surface area (Å²) in [5, 5.41) is 0.921. The van der Waals surface area contributed by atoms with Crippen molar-refractivity contribution in [1.82, 2.24) is 0 Å². The van der Waals surface area contributed by atoms with Crippen LogP contribution in [0.5, 0.6) is 11.5 Å². The van der Waals surface area contributed by atoms with E-state index < -0.39 is 6.10 Å². The summed E-state index contributed by atoms with van der Waals surface area (Å²) in [6.07, 6.45) is 2.52. The van der Waals surface area contributed by atoms with E-state index in [-0.39, 0.29) is 11.8 Å². The van der Waals surface area contributed by atoms with Gasteiger partial charge in [-0.2, -0.15) is 0 Å². The molecule has 1 aliphatic rings. The summed E-state index contributed by atoms with van der Waals surface area (Å²) >= 11 is 3.38. The number of alkyl halides is 1. The Morgan fingerprint density at radius 2 is 2.12 bits per heavy atom. The van der Waals surface area contributed by atoms with Gasteiger partial charge in [0.15, 0.2) is 11.9 Å². The summed E-state index contributed by atoms with van der Waals surface area (Å²) in [7, 11) is 0. The van der Waals surface area contributed by atoms with E-state index in [0.29, 0.717) is 43.1 Å². The number of benzene rings is 1. The van der Waals surface area contributed by atoms with Crippen LogP contribution in [-0.2, 0) is 16.0 Å². The number of unbranched alkanes of at least 4 members (excludes halogenated alkanes) is 1. The fraction of sp³-hybridized carbons (Fsp3) is 0.556. The van der Waals surface area contributed by atoms with Crippen LogP contribution in [0.4, 0.5) is 0 Å². The van der Waals surface area contributed by atoms with E-state index in [4.69, 9.17) is 14.2 Å². The fourth-order valence-electron chi connectivity index (χ4n) is 2.58. The van der Waals surface area contributed by atoms with Gasteiger partial charge in [0.05, 0.1) is 18.8 Å². The van der Waals surface area contributed by atoms with Crippen LogP contribution in [0.1, 0.15) is 49.0 Å². The second kappa shape index (κ2) is 9.06. The molecule has 0 radical (unpaired) electrons. The van der Waals surface area contributed by atoms with Crippen LogP contribution in [0.3, 0.4) is 0 Å². The van der Waals surface area contributed by atoms with Gasteiger partial charge in [-0.15, -0.1) is 0 Å². The number of halogens is 1. The molecular weight excluding hydrogens is 376 g/mol. The summed E-state index contributed by atoms with van der Waals surface area (Å²) < 4.78 is 16.6. The van der Waals surface area contributed by atoms with E-state index >= 15 is 0 Å². The first-order valence-corrected chi connectivity index (χ1v) is 9.38. The molecule has 0 saturated carbocycles. The third-order valence-corrected chi connectivity index (χ3v) is 4.38. The molecule has 0 saturated heterocycles. The summed E-state index contributed by atoms with van der Waals surface area (Å²) in [5.41, 5.74) is 1.49. The van der Waals surface area contributed by atoms with Crippen molar-refractivity contribution >= 4 is 27.7 Å². The number of rotatable bonds is 8. The Hall–Kier alpha value is -1.56. The highest BCUT2D eigenvalue weighted by Crippen LogP contribution is 2.35. The lowest BCUT2D eigenvalue weighted by atomic mass is 9.98. The third-order valence-electron chi connectivity index (χ3n) is 3.82. The number of carbonyl (C=O) groups excluding carboxylic acids is 2. The van der Waals surface area contributed by atoms with Crippen LogP contribution in [0.25, 0.3) is 0 Å². The van der Waals surface area contributed by atoms with Crippen molar-refractivity contribution < 1.29 is 23.8 Å². The van der Waals surface area contributed by atoms with Crippen LogP contribution in [0.15, 0.2) is 12.1 Å². The van der Waals surface area contributed by atoms with Crippen molar-refractivity contribution in [2.24, 2.45) is 0 Å². The van der Waals surface area contributed by atoms with E-state index in [9.17, 15) is 9.59 Å². The van der Waals surface area contributed by atoms with Crippen LogP contribution < -0.4 is 9.47 Å². The van der Waals surface area contributed by atoms with E-state index in [0.717, 1.165) is 23.7 Å². The topological polar surface area (TPSA) is 61.8 Å². The summed E-state index contributed by atoms with van der Waals surface area (Å²) in [5.74, 6) is 0.722. The van der Waals surface area contributed by atoms with E-state index in [2.05, 4.69) is 15.9 Å². The standard InChI is InChI=1S/C18H23BrO5/c1-3-22-18(21)15-7-6-13-10-14(12(2)20)17(11-16(13)24-15)23-9-5-4-8-19/h10-11,15H,3-9H2,1-2H3. The van der Waals surface area contributed by atoms with Crippen LogP contribution >= 0.6 is 15.9 Å². The van der Waals surface area contributed by atoms with E-state index in [1.165, 1.54) is 6.92 Å². The smallest absolute Gasteiger partial charge is 0.347 e. The third kappa shape index (κ3) is 4.72. The van der Waals surface area contributed by atoms with Crippen LogP contribution in [-0.4, -0.2) is 36.4 Å². The SMILES string of the molecule is CCOC(=O)C1CCc2cc(C(C)=O)c(OCCCCBr)cc2O1. The lowest BCUT2D eigenvalue weighted by molar-refractivity contribution is -0.152. The van der Waals surface area contributed by atoms with E-state index in [1.54, 1.807) is 13.0 Å². The molecule has 0 amide bonds. The molecule has 0 aliphatic carbocycles. The number of hydrogen-bond donors (Lipinski definition) is 0. The molecule has 0 bridgehead atoms. The summed E-state index contributed by atoms with van der Waals surface area (Å²) in [4.78, 5) is 23.8. The molecule has 1 unspecified atom stereocenters. The normalized spacial score (nSPS) is 16.0. The quantitative estimate of drug-likeness (QED) is 0.289. The molecule has 1 heterocycles. The first-order chi connectivity index (χ1) is 11.6. The van der Waals surface area contributed by atoms with Gasteiger partial charge in [-0.25, -0.2) is 4.79 Å². The zero-order valence-electron chi connectivity index (χ0n) is 14.1. The van der Waals surface area contributed by atoms with Crippen LogP contribution in [0.2, 0.25) is 0 Å². The maximum absolute atomic E-state index is 11.9. The molecule has 6 heteroatoms. The molecule has 0 fully saturated rings. The van der Waals surface area contributed by atoms with Gasteiger partial charge in [0.2, 0.25) is 0 Å². The van der Waals surface area contributed by atoms with Gasteiger partial charge in [0.1, 0.15) is 11.5 Å². The predicted molar refractivity (Wildman–Crippen MR) is 94.3 cm³/mol. The van der Waals surface area contributed by atoms with Gasteiger partial charge in [-0.1, -0.05) is 15.9 Å². The molecule has 132 valence electrons. The second-order valence-electron chi connectivity index (χ2n) is 5.65. The van der Waals surface area contributed by atoms with Crippen molar-refractivity contribution in [3.63, 3.8) is 0 Å². The van der Waals surface area contributed by atoms with Gasteiger partial charge < -0.3 is 14.2 Å². The number of fused-ring (bicyclic) bond motifs is 1. The fourth-order valence-corrected chi connectivity index (χ4v) is 2.98. The number of esters is 1. The van der Waals surface area contributed by atoms with Gasteiger partial charge >= 0.3 is 5.97 Å². The molecule has 0 spiro atoms. The maximum atomic E-state index is 11.9. The highest BCUT2D eigenvalue weighted by molar-refractivity contribution is 9.09. The van der Waals surface area contributed by atoms with Crippen molar-refractivity contribution in [3.05, 3.63) is 23.3 Å². The minimum atomic E-state index is -0.595. The van der Waals surface area contributed by atoms with Crippen molar-refractivity contribution in [1.29, 1.82) is 0 Å². The number of Topliss-reactive ketones (excluding diaryl/α,β-unsaturated/α-hetero) is 1. The largest absolute Gasteiger partial charge is 0.493 e. The number of carbonyl (C=O) groups is 2. The first-order valence-electron chi connectivity index (χ1n) is 8.26. The average Bonchev–Trinajstić information content (AvgIpc) is 2.57. The van der Waals surface area contributed by atoms with Crippen molar-refractivity contribution in [2.45, 2.75) is 45.6 Å². The highest BCUT2D eigenvalue weighted by atomic mass is 79.9. The molecule has 5 nitrogen and oxygen atoms in total. The molecule has 1 aromatic carbocycles. The second-order valence-corrected chi connectivity index (χ2v) is 6.45. The summed E-state index contributed by atoms with van der Waals surface area (Å²) in [6, 6.07) is 3.55. The Kier molecular flexibility index (Phi) is 7.09. The predicted octanol–water partition coefficient (Wildman–Crippen LogP) is 3.70. The molecule has 0 N–H and O–H groups in total. The minimum Gasteiger partial charge on any atom is -0.493 e. The van der Waals surface area contributed by atoms with Gasteiger partial charge in [-0.05, 0) is 51.2 Å². The highest BCUT2D eigenvalue weighted by Gasteiger charge is 2.28. The zero-order valence-corrected chi connectivity index (χ0v) is 15.7. The molecule has 0 aromatic heterocycles. The molecule has 2 rings (SSSR count). The van der Waals surface area contributed by atoms with Gasteiger partial charge in [0, 0.05) is 11.4 Å². The van der Waals surface area contributed by atoms with Gasteiger partial charge in [0.25, 0.3) is 0 Å². The summed E-state index contributed by atoms with van der Waals surface area (Å²) in [6.45, 7) is 4.16. The minimum absolute atomic E-state index is 0.0409. The Bertz CT molecular complexity index is 599. The number of ketones is 1. The monoisotopic (exact) mass is 398 g/mol. The number of hydrogen-bond acceptors (Lipinski definition) is 5. The molecule has 1 atom stereocenters. The van der Waals surface area contributed by atoms with E-state index in [1.807, 2.05) is 6.07 Å². The van der Waals surface area contributed by atoms with Gasteiger partial charge in [-0.3, -0.25) is 4.79 Å². The molecule has 1 aromatic rings.